The molecule has 2 aromatic rings. The van der Waals surface area contributed by atoms with Gasteiger partial charge in [0.2, 0.25) is 11.8 Å². The first-order chi connectivity index (χ1) is 21.0. The highest BCUT2D eigenvalue weighted by atomic mass is 19.4. The third kappa shape index (κ3) is 5.41. The van der Waals surface area contributed by atoms with Crippen molar-refractivity contribution < 1.29 is 32.4 Å². The van der Waals surface area contributed by atoms with Crippen molar-refractivity contribution in [2.24, 2.45) is 34.7 Å². The number of rotatable bonds is 7. The van der Waals surface area contributed by atoms with Crippen LogP contribution < -0.4 is 16.1 Å². The zero-order valence-corrected chi connectivity index (χ0v) is 24.7. The van der Waals surface area contributed by atoms with Gasteiger partial charge in [0.1, 0.15) is 0 Å². The summed E-state index contributed by atoms with van der Waals surface area (Å²) in [6, 6.07) is -0.405. The fourth-order valence-corrected chi connectivity index (χ4v) is 7.35. The molecule has 12 nitrogen and oxygen atoms in total. The first kappa shape index (κ1) is 29.4. The second kappa shape index (κ2) is 10.9. The largest absolute Gasteiger partial charge is 0.393 e. The Bertz CT molecular complexity index is 1480. The van der Waals surface area contributed by atoms with Crippen molar-refractivity contribution in [2.75, 3.05) is 19.8 Å². The Morgan fingerprint density at radius 2 is 1.93 bits per heavy atom. The first-order valence-corrected chi connectivity index (χ1v) is 15.5. The Morgan fingerprint density at radius 1 is 1.18 bits per heavy atom. The van der Waals surface area contributed by atoms with Crippen LogP contribution >= 0.6 is 0 Å². The summed E-state index contributed by atoms with van der Waals surface area (Å²) in [6.07, 6.45) is 1.64. The molecule has 44 heavy (non-hydrogen) atoms. The molecule has 0 spiro atoms. The molecular weight excluding hydrogens is 581 g/mol. The monoisotopic (exact) mass is 618 g/mol. The molecule has 2 amide bonds. The van der Waals surface area contributed by atoms with Gasteiger partial charge in [-0.1, -0.05) is 5.16 Å². The summed E-state index contributed by atoms with van der Waals surface area (Å²) in [4.78, 5) is 41.0. The van der Waals surface area contributed by atoms with E-state index in [0.717, 1.165) is 12.8 Å². The molecule has 15 heteroatoms. The molecule has 4 fully saturated rings. The highest BCUT2D eigenvalue weighted by Crippen LogP contribution is 2.57. The van der Waals surface area contributed by atoms with Gasteiger partial charge in [-0.25, -0.2) is 14.5 Å². The zero-order chi connectivity index (χ0) is 30.8. The van der Waals surface area contributed by atoms with E-state index < -0.39 is 42.0 Å². The van der Waals surface area contributed by atoms with Crippen LogP contribution in [0.25, 0.3) is 5.78 Å². The number of carbonyl (C=O) groups is 2. The number of imidazole rings is 1. The highest BCUT2D eigenvalue weighted by molar-refractivity contribution is 6.12. The van der Waals surface area contributed by atoms with Crippen LogP contribution in [-0.4, -0.2) is 68.6 Å². The van der Waals surface area contributed by atoms with E-state index in [0.29, 0.717) is 66.5 Å². The van der Waals surface area contributed by atoms with Crippen LogP contribution in [0.15, 0.2) is 11.4 Å². The molecule has 5 aliphatic rings. The SMILES string of the molecule is CC1=NONC1(C)C(=O)N[C@H](c1cn2nc(C[C@H]3C[C@@H](C(F)(F)F)CNC3=O)c(C3CCOCC3)nc2n1)C1C[C@@H]2C[C@@H]2C1. The first-order valence-electron chi connectivity index (χ1n) is 15.5. The van der Waals surface area contributed by atoms with E-state index in [-0.39, 0.29) is 30.6 Å². The maximum absolute atomic E-state index is 13.6. The molecule has 2 unspecified atom stereocenters. The smallest absolute Gasteiger partial charge is 0.381 e. The van der Waals surface area contributed by atoms with E-state index in [4.69, 9.17) is 24.7 Å². The van der Waals surface area contributed by atoms with Crippen molar-refractivity contribution in [2.45, 2.75) is 82.5 Å². The summed E-state index contributed by atoms with van der Waals surface area (Å²) >= 11 is 0. The Balaban J connectivity index is 1.22. The third-order valence-corrected chi connectivity index (χ3v) is 10.4. The van der Waals surface area contributed by atoms with Crippen molar-refractivity contribution in [1.29, 1.82) is 0 Å². The molecule has 2 aliphatic carbocycles. The van der Waals surface area contributed by atoms with Gasteiger partial charge < -0.3 is 15.4 Å². The number of aromatic nitrogens is 4. The lowest BCUT2D eigenvalue weighted by Gasteiger charge is -2.31. The lowest BCUT2D eigenvalue weighted by Crippen LogP contribution is -2.57. The molecule has 2 aromatic heterocycles. The predicted octanol–water partition coefficient (Wildman–Crippen LogP) is 2.75. The number of halogens is 3. The molecule has 2 saturated carbocycles. The molecule has 0 radical (unpaired) electrons. The summed E-state index contributed by atoms with van der Waals surface area (Å²) in [6.45, 7) is 4.09. The highest BCUT2D eigenvalue weighted by Gasteiger charge is 2.51. The second-order valence-corrected chi connectivity index (χ2v) is 13.3. The molecule has 3 aliphatic heterocycles. The summed E-state index contributed by atoms with van der Waals surface area (Å²) in [5, 5.41) is 14.4. The molecule has 2 saturated heterocycles. The predicted molar refractivity (Wildman–Crippen MR) is 149 cm³/mol. The Labute approximate surface area is 251 Å². The minimum absolute atomic E-state index is 0.0189. The number of amides is 2. The molecule has 7 atom stereocenters. The molecule has 7 rings (SSSR count). The standard InChI is InChI=1S/C29H37F3N8O4/c1-14-28(2,39-44-38-14)26(42)35-24(18-8-16-7-17(16)9-18)22-13-40-27(34-22)36-23(15-3-5-43-6-4-15)21(37-40)11-19-10-20(29(30,31)32)12-33-25(19)41/h13,15-20,24,39H,3-12H2,1-2H3,(H,33,41)(H,35,42)/t16-,17+,18?,19-,20-,24+,28?/m1/s1. The second-order valence-electron chi connectivity index (χ2n) is 13.3. The summed E-state index contributed by atoms with van der Waals surface area (Å²) in [7, 11) is 0. The average Bonchev–Trinajstić information content (AvgIpc) is 3.27. The molecule has 238 valence electrons. The summed E-state index contributed by atoms with van der Waals surface area (Å²) in [5.41, 5.74) is 3.83. The number of fused-ring (bicyclic) bond motifs is 2. The van der Waals surface area contributed by atoms with E-state index >= 15 is 0 Å². The fraction of sp³-hybridized carbons (Fsp3) is 0.724. The van der Waals surface area contributed by atoms with Crippen LogP contribution in [-0.2, 0) is 25.7 Å². The van der Waals surface area contributed by atoms with Crippen LogP contribution in [0.1, 0.15) is 81.4 Å². The van der Waals surface area contributed by atoms with E-state index in [1.807, 2.05) is 0 Å². The molecule has 5 heterocycles. The van der Waals surface area contributed by atoms with Gasteiger partial charge in [0, 0.05) is 38.0 Å². The van der Waals surface area contributed by atoms with Crippen LogP contribution in [0.5, 0.6) is 0 Å². The van der Waals surface area contributed by atoms with Crippen LogP contribution in [0, 0.1) is 29.6 Å². The van der Waals surface area contributed by atoms with Gasteiger partial charge in [-0.15, -0.1) is 5.48 Å². The fourth-order valence-electron chi connectivity index (χ4n) is 7.35. The minimum Gasteiger partial charge on any atom is -0.381 e. The minimum atomic E-state index is -4.40. The summed E-state index contributed by atoms with van der Waals surface area (Å²) < 4.78 is 47.8. The van der Waals surface area contributed by atoms with Gasteiger partial charge in [-0.05, 0) is 70.1 Å². The van der Waals surface area contributed by atoms with Gasteiger partial charge >= 0.3 is 6.18 Å². The zero-order valence-electron chi connectivity index (χ0n) is 24.7. The van der Waals surface area contributed by atoms with Gasteiger partial charge in [-0.2, -0.15) is 18.3 Å². The van der Waals surface area contributed by atoms with E-state index in [2.05, 4.69) is 21.3 Å². The Hall–Kier alpha value is -3.33. The number of ether oxygens (including phenoxy) is 1. The lowest BCUT2D eigenvalue weighted by molar-refractivity contribution is -0.183. The van der Waals surface area contributed by atoms with E-state index in [1.165, 1.54) is 10.9 Å². The van der Waals surface area contributed by atoms with Crippen LogP contribution in [0.3, 0.4) is 0 Å². The third-order valence-electron chi connectivity index (χ3n) is 10.4. The number of nitrogens with zero attached hydrogens (tertiary/aromatic N) is 5. The maximum atomic E-state index is 13.6. The molecule has 0 bridgehead atoms. The number of hydroxylamine groups is 1. The number of hydrogen-bond acceptors (Lipinski definition) is 9. The quantitative estimate of drug-likeness (QED) is 0.430. The summed E-state index contributed by atoms with van der Waals surface area (Å²) in [5.74, 6) is -1.35. The number of oxime groups is 1. The Morgan fingerprint density at radius 3 is 2.61 bits per heavy atom. The van der Waals surface area contributed by atoms with Gasteiger partial charge in [-0.3, -0.25) is 14.5 Å². The van der Waals surface area contributed by atoms with Crippen LogP contribution in [0.2, 0.25) is 0 Å². The topological polar surface area (TPSA) is 144 Å². The van der Waals surface area contributed by atoms with Gasteiger partial charge in [0.15, 0.2) is 5.54 Å². The maximum Gasteiger partial charge on any atom is 0.393 e. The lowest BCUT2D eigenvalue weighted by atomic mass is 9.84. The van der Waals surface area contributed by atoms with Crippen molar-refractivity contribution in [3.05, 3.63) is 23.3 Å². The van der Waals surface area contributed by atoms with Crippen molar-refractivity contribution in [1.82, 2.24) is 35.7 Å². The number of nitrogens with one attached hydrogen (secondary N) is 3. The number of carbonyl (C=O) groups excluding carboxylic acids is 2. The van der Waals surface area contributed by atoms with Crippen LogP contribution in [0.4, 0.5) is 13.2 Å². The van der Waals surface area contributed by atoms with Gasteiger partial charge in [0.25, 0.3) is 5.78 Å². The van der Waals surface area contributed by atoms with Gasteiger partial charge in [0.05, 0.1) is 41.0 Å². The van der Waals surface area contributed by atoms with Crippen molar-refractivity contribution in [3.8, 4) is 0 Å². The van der Waals surface area contributed by atoms with E-state index in [9.17, 15) is 22.8 Å². The number of alkyl halides is 3. The molecular formula is C29H37F3N8O4. The average molecular weight is 619 g/mol. The number of piperidine rings is 1. The molecule has 3 N–H and O–H groups in total. The number of hydrogen-bond donors (Lipinski definition) is 3. The Kier molecular flexibility index (Phi) is 7.30. The normalized spacial score (nSPS) is 33.0. The van der Waals surface area contributed by atoms with Crippen molar-refractivity contribution in [3.63, 3.8) is 0 Å². The van der Waals surface area contributed by atoms with E-state index in [1.54, 1.807) is 20.0 Å². The van der Waals surface area contributed by atoms with Crippen molar-refractivity contribution >= 4 is 23.3 Å². The molecule has 0 aromatic carbocycles.